The van der Waals surface area contributed by atoms with Crippen LogP contribution in [0.25, 0.3) is 0 Å². The van der Waals surface area contributed by atoms with E-state index in [4.69, 9.17) is 9.47 Å². The minimum atomic E-state index is -1.02. The van der Waals surface area contributed by atoms with Crippen LogP contribution in [-0.4, -0.2) is 41.3 Å². The minimum absolute atomic E-state index is 0.129. The average Bonchev–Trinajstić information content (AvgIpc) is 3.25. The van der Waals surface area contributed by atoms with Gasteiger partial charge < -0.3 is 19.9 Å². The highest BCUT2D eigenvalue weighted by Crippen LogP contribution is 2.46. The van der Waals surface area contributed by atoms with Crippen molar-refractivity contribution in [3.63, 3.8) is 0 Å². The molecule has 0 aliphatic heterocycles. The zero-order valence-corrected chi connectivity index (χ0v) is 15.6. The zero-order chi connectivity index (χ0) is 19.4. The summed E-state index contributed by atoms with van der Waals surface area (Å²) < 4.78 is 11.1. The van der Waals surface area contributed by atoms with Crippen LogP contribution < -0.4 is 5.32 Å². The highest BCUT2D eigenvalue weighted by atomic mass is 16.5. The highest BCUT2D eigenvalue weighted by Gasteiger charge is 2.61. The molecule has 2 fully saturated rings. The van der Waals surface area contributed by atoms with Gasteiger partial charge in [0.1, 0.15) is 5.54 Å². The van der Waals surface area contributed by atoms with Gasteiger partial charge in [-0.25, -0.2) is 4.79 Å². The molecule has 0 heterocycles. The van der Waals surface area contributed by atoms with Crippen LogP contribution in [-0.2, 0) is 25.7 Å². The van der Waals surface area contributed by atoms with Gasteiger partial charge in [-0.05, 0) is 25.3 Å². The van der Waals surface area contributed by atoms with E-state index in [1.165, 1.54) is 0 Å². The Morgan fingerprint density at radius 1 is 1.33 bits per heavy atom. The summed E-state index contributed by atoms with van der Waals surface area (Å²) in [5.74, 6) is -1.33. The van der Waals surface area contributed by atoms with Gasteiger partial charge in [0.15, 0.2) is 0 Å². The monoisotopic (exact) mass is 373 g/mol. The molecule has 146 valence electrons. The van der Waals surface area contributed by atoms with Crippen LogP contribution >= 0.6 is 0 Å². The van der Waals surface area contributed by atoms with E-state index in [-0.39, 0.29) is 24.5 Å². The molecule has 2 saturated carbocycles. The van der Waals surface area contributed by atoms with Gasteiger partial charge in [0.25, 0.3) is 0 Å². The van der Waals surface area contributed by atoms with Gasteiger partial charge in [0.2, 0.25) is 5.91 Å². The number of carbonyl (C=O) groups is 2. The van der Waals surface area contributed by atoms with Gasteiger partial charge in [0.05, 0.1) is 31.3 Å². The van der Waals surface area contributed by atoms with Crippen LogP contribution in [0.5, 0.6) is 0 Å². The Labute approximate surface area is 159 Å². The normalized spacial score (nSPS) is 31.9. The lowest BCUT2D eigenvalue weighted by Gasteiger charge is -2.23. The molecule has 1 aromatic carbocycles. The van der Waals surface area contributed by atoms with Crippen molar-refractivity contribution < 1.29 is 24.2 Å². The Morgan fingerprint density at radius 3 is 2.70 bits per heavy atom. The molecule has 0 saturated heterocycles. The van der Waals surface area contributed by atoms with Gasteiger partial charge in [-0.15, -0.1) is 6.58 Å². The van der Waals surface area contributed by atoms with Crippen molar-refractivity contribution in [3.05, 3.63) is 48.6 Å². The standard InChI is InChI=1S/C21H27NO5/c1-3-15-12-21(15,20(25)26-4-2)22-19(24)17-10-16(23)11-18(17)27-13-14-8-6-5-7-9-14/h3,5-9,15-18,23H,1,4,10-13H2,2H3,(H,22,24)/t15?,16-,17-,18?,21-/m1/s1. The molecule has 5 atom stereocenters. The maximum absolute atomic E-state index is 12.9. The minimum Gasteiger partial charge on any atom is -0.464 e. The van der Waals surface area contributed by atoms with Gasteiger partial charge in [-0.2, -0.15) is 0 Å². The molecule has 3 rings (SSSR count). The second kappa shape index (κ2) is 8.23. The molecule has 6 nitrogen and oxygen atoms in total. The highest BCUT2D eigenvalue weighted by molar-refractivity contribution is 5.92. The number of carbonyl (C=O) groups excluding carboxylic acids is 2. The summed E-state index contributed by atoms with van der Waals surface area (Å²) in [5, 5.41) is 12.9. The lowest BCUT2D eigenvalue weighted by Crippen LogP contribution is -2.49. The molecule has 27 heavy (non-hydrogen) atoms. The molecule has 0 radical (unpaired) electrons. The van der Waals surface area contributed by atoms with E-state index in [0.717, 1.165) is 5.56 Å². The van der Waals surface area contributed by atoms with Crippen molar-refractivity contribution in [2.45, 2.75) is 50.5 Å². The van der Waals surface area contributed by atoms with E-state index in [9.17, 15) is 14.7 Å². The number of aliphatic hydroxyl groups is 1. The first-order valence-corrected chi connectivity index (χ1v) is 9.45. The lowest BCUT2D eigenvalue weighted by molar-refractivity contribution is -0.150. The summed E-state index contributed by atoms with van der Waals surface area (Å²) in [4.78, 5) is 25.2. The van der Waals surface area contributed by atoms with Crippen LogP contribution in [0.2, 0.25) is 0 Å². The van der Waals surface area contributed by atoms with Crippen molar-refractivity contribution in [2.75, 3.05) is 6.61 Å². The number of aliphatic hydroxyl groups excluding tert-OH is 1. The third kappa shape index (κ3) is 4.22. The molecule has 6 heteroatoms. The molecule has 2 N–H and O–H groups in total. The van der Waals surface area contributed by atoms with Crippen LogP contribution in [0, 0.1) is 11.8 Å². The fourth-order valence-electron chi connectivity index (χ4n) is 3.79. The summed E-state index contributed by atoms with van der Waals surface area (Å²) in [6.07, 6.45) is 1.91. The van der Waals surface area contributed by atoms with E-state index in [2.05, 4.69) is 11.9 Å². The Hall–Kier alpha value is -2.18. The third-order valence-electron chi connectivity index (χ3n) is 5.41. The van der Waals surface area contributed by atoms with E-state index >= 15 is 0 Å². The Balaban J connectivity index is 1.64. The summed E-state index contributed by atoms with van der Waals surface area (Å²) in [7, 11) is 0. The second-order valence-electron chi connectivity index (χ2n) is 7.29. The van der Waals surface area contributed by atoms with Crippen LogP contribution in [0.3, 0.4) is 0 Å². The van der Waals surface area contributed by atoms with Crippen molar-refractivity contribution in [1.82, 2.24) is 5.32 Å². The Bertz CT molecular complexity index is 691. The summed E-state index contributed by atoms with van der Waals surface area (Å²) in [5.41, 5.74) is -0.0122. The molecule has 2 aliphatic rings. The third-order valence-corrected chi connectivity index (χ3v) is 5.41. The molecule has 0 spiro atoms. The van der Waals surface area contributed by atoms with Crippen LogP contribution in [0.1, 0.15) is 31.7 Å². The largest absolute Gasteiger partial charge is 0.464 e. The molecule has 2 aliphatic carbocycles. The van der Waals surface area contributed by atoms with Gasteiger partial charge in [-0.1, -0.05) is 36.4 Å². The smallest absolute Gasteiger partial charge is 0.332 e. The van der Waals surface area contributed by atoms with Crippen LogP contribution in [0.4, 0.5) is 0 Å². The Kier molecular flexibility index (Phi) is 5.97. The fraction of sp³-hybridized carbons (Fsp3) is 0.524. The molecular weight excluding hydrogens is 346 g/mol. The van der Waals surface area contributed by atoms with Crippen molar-refractivity contribution >= 4 is 11.9 Å². The molecule has 1 aromatic rings. The van der Waals surface area contributed by atoms with E-state index < -0.39 is 23.5 Å². The first-order valence-electron chi connectivity index (χ1n) is 9.45. The predicted octanol–water partition coefficient (Wildman–Crippen LogP) is 1.97. The fourth-order valence-corrected chi connectivity index (χ4v) is 3.79. The maximum Gasteiger partial charge on any atom is 0.332 e. The number of rotatable bonds is 8. The summed E-state index contributed by atoms with van der Waals surface area (Å²) in [6, 6.07) is 9.69. The number of nitrogens with one attached hydrogen (secondary N) is 1. The quantitative estimate of drug-likeness (QED) is 0.538. The zero-order valence-electron chi connectivity index (χ0n) is 15.6. The summed E-state index contributed by atoms with van der Waals surface area (Å²) in [6.45, 7) is 6.10. The number of esters is 1. The van der Waals surface area contributed by atoms with Crippen molar-refractivity contribution in [3.8, 4) is 0 Å². The SMILES string of the molecule is C=CC1C[C@]1(NC(=O)[C@@H]1C[C@@H](O)CC1OCc1ccccc1)C(=O)OCC. The van der Waals surface area contributed by atoms with Gasteiger partial charge >= 0.3 is 5.97 Å². The number of ether oxygens (including phenoxy) is 2. The van der Waals surface area contributed by atoms with E-state index in [1.54, 1.807) is 13.0 Å². The molecular formula is C21H27NO5. The summed E-state index contributed by atoms with van der Waals surface area (Å²) >= 11 is 0. The first kappa shape index (κ1) is 19.6. The molecule has 1 amide bonds. The lowest BCUT2D eigenvalue weighted by atomic mass is 10.0. The van der Waals surface area contributed by atoms with Gasteiger partial charge in [-0.3, -0.25) is 4.79 Å². The van der Waals surface area contributed by atoms with Crippen molar-refractivity contribution in [1.29, 1.82) is 0 Å². The molecule has 2 unspecified atom stereocenters. The topological polar surface area (TPSA) is 84.9 Å². The first-order chi connectivity index (χ1) is 13.0. The Morgan fingerprint density at radius 2 is 2.07 bits per heavy atom. The van der Waals surface area contributed by atoms with Crippen molar-refractivity contribution in [2.24, 2.45) is 11.8 Å². The maximum atomic E-state index is 12.9. The number of hydrogen-bond acceptors (Lipinski definition) is 5. The predicted molar refractivity (Wildman–Crippen MR) is 99.6 cm³/mol. The number of hydrogen-bond donors (Lipinski definition) is 2. The molecule has 0 aromatic heterocycles. The average molecular weight is 373 g/mol. The number of benzene rings is 1. The van der Waals surface area contributed by atoms with E-state index in [1.807, 2.05) is 30.3 Å². The van der Waals surface area contributed by atoms with Crippen LogP contribution in [0.15, 0.2) is 43.0 Å². The van der Waals surface area contributed by atoms with Gasteiger partial charge in [0, 0.05) is 12.3 Å². The molecule has 0 bridgehead atoms. The number of amides is 1. The second-order valence-corrected chi connectivity index (χ2v) is 7.29. The van der Waals surface area contributed by atoms with E-state index in [0.29, 0.717) is 25.9 Å².